The zero-order valence-electron chi connectivity index (χ0n) is 12.1. The van der Waals surface area contributed by atoms with E-state index in [4.69, 9.17) is 9.84 Å². The summed E-state index contributed by atoms with van der Waals surface area (Å²) in [5.41, 5.74) is 0.592. The zero-order valence-corrected chi connectivity index (χ0v) is 13.8. The number of sulfonamides is 1. The number of nitrogens with one attached hydrogen (secondary N) is 1. The molecule has 1 aromatic heterocycles. The van der Waals surface area contributed by atoms with Gasteiger partial charge < -0.3 is 9.84 Å². The molecule has 1 saturated carbocycles. The molecule has 2 atom stereocenters. The first-order valence-corrected chi connectivity index (χ1v) is 8.77. The minimum Gasteiger partial charge on any atom is -0.391 e. The van der Waals surface area contributed by atoms with E-state index in [9.17, 15) is 8.42 Å². The number of aliphatic hydroxyl groups excluding tert-OH is 1. The summed E-state index contributed by atoms with van der Waals surface area (Å²) in [5.74, 6) is 0. The van der Waals surface area contributed by atoms with Crippen molar-refractivity contribution in [3.05, 3.63) is 16.5 Å². The fraction of sp³-hybridized carbons (Fsp3) is 0.692. The highest BCUT2D eigenvalue weighted by atomic mass is 32.2. The van der Waals surface area contributed by atoms with E-state index in [-0.39, 0.29) is 28.4 Å². The normalized spacial score (nSPS) is 25.4. The Hall–Kier alpha value is -0.470. The molecule has 20 heavy (non-hydrogen) atoms. The maximum absolute atomic E-state index is 12.4. The Balaban J connectivity index is 2.16. The quantitative estimate of drug-likeness (QED) is 0.865. The second kappa shape index (κ2) is 5.38. The van der Waals surface area contributed by atoms with Crippen molar-refractivity contribution in [2.24, 2.45) is 5.41 Å². The summed E-state index contributed by atoms with van der Waals surface area (Å²) in [5, 5.41) is 9.17. The number of methoxy groups -OCH3 is 1. The van der Waals surface area contributed by atoms with Crippen LogP contribution >= 0.6 is 11.3 Å². The van der Waals surface area contributed by atoms with Crippen molar-refractivity contribution < 1.29 is 18.3 Å². The maximum atomic E-state index is 12.4. The molecule has 5 nitrogen and oxygen atoms in total. The lowest BCUT2D eigenvalue weighted by Crippen LogP contribution is -2.61. The second-order valence-electron chi connectivity index (χ2n) is 5.79. The third-order valence-electron chi connectivity index (χ3n) is 4.17. The first-order chi connectivity index (χ1) is 9.22. The van der Waals surface area contributed by atoms with Gasteiger partial charge in [0, 0.05) is 23.4 Å². The number of ether oxygens (including phenoxy) is 1. The number of rotatable bonds is 5. The molecule has 0 radical (unpaired) electrons. The topological polar surface area (TPSA) is 75.6 Å². The van der Waals surface area contributed by atoms with Crippen molar-refractivity contribution in [2.75, 3.05) is 7.11 Å². The molecule has 1 heterocycles. The lowest BCUT2D eigenvalue weighted by atomic mass is 9.65. The van der Waals surface area contributed by atoms with Gasteiger partial charge >= 0.3 is 0 Å². The average Bonchev–Trinajstić information content (AvgIpc) is 2.76. The van der Waals surface area contributed by atoms with E-state index in [1.807, 2.05) is 13.8 Å². The molecule has 0 aliphatic heterocycles. The Kier molecular flexibility index (Phi) is 4.28. The molecule has 0 bridgehead atoms. The summed E-state index contributed by atoms with van der Waals surface area (Å²) in [4.78, 5) is 0.688. The molecule has 0 aromatic carbocycles. The van der Waals surface area contributed by atoms with Crippen molar-refractivity contribution in [3.8, 4) is 0 Å². The molecule has 0 amide bonds. The number of thiophene rings is 1. The largest absolute Gasteiger partial charge is 0.391 e. The average molecular weight is 319 g/mol. The molecule has 0 saturated heterocycles. The lowest BCUT2D eigenvalue weighted by Gasteiger charge is -2.50. The van der Waals surface area contributed by atoms with Gasteiger partial charge in [0.05, 0.1) is 12.7 Å². The van der Waals surface area contributed by atoms with Crippen LogP contribution in [0.2, 0.25) is 0 Å². The van der Waals surface area contributed by atoms with Crippen molar-refractivity contribution >= 4 is 21.4 Å². The molecular formula is C13H21NO4S2. The van der Waals surface area contributed by atoms with Gasteiger partial charge in [0.15, 0.2) is 0 Å². The molecule has 2 rings (SSSR count). The highest BCUT2D eigenvalue weighted by molar-refractivity contribution is 7.91. The van der Waals surface area contributed by atoms with Crippen LogP contribution < -0.4 is 4.72 Å². The Morgan fingerprint density at radius 2 is 2.20 bits per heavy atom. The number of hydrogen-bond donors (Lipinski definition) is 2. The zero-order chi connectivity index (χ0) is 15.1. The maximum Gasteiger partial charge on any atom is 0.250 e. The van der Waals surface area contributed by atoms with Crippen molar-refractivity contribution in [3.63, 3.8) is 0 Å². The van der Waals surface area contributed by atoms with E-state index in [0.717, 1.165) is 16.9 Å². The smallest absolute Gasteiger partial charge is 0.250 e. The molecule has 2 unspecified atom stereocenters. The Labute approximate surface area is 124 Å². The Bertz CT molecular complexity index is 592. The van der Waals surface area contributed by atoms with Crippen LogP contribution in [0.4, 0.5) is 0 Å². The van der Waals surface area contributed by atoms with Crippen LogP contribution in [-0.2, 0) is 21.4 Å². The molecule has 2 N–H and O–H groups in total. The summed E-state index contributed by atoms with van der Waals surface area (Å²) in [6, 6.07) is 1.48. The summed E-state index contributed by atoms with van der Waals surface area (Å²) in [7, 11) is -1.89. The van der Waals surface area contributed by atoms with Crippen molar-refractivity contribution in [1.82, 2.24) is 4.72 Å². The van der Waals surface area contributed by atoms with Gasteiger partial charge in [-0.1, -0.05) is 13.8 Å². The van der Waals surface area contributed by atoms with Gasteiger partial charge in [-0.3, -0.25) is 0 Å². The van der Waals surface area contributed by atoms with Gasteiger partial charge in [-0.2, -0.15) is 0 Å². The van der Waals surface area contributed by atoms with E-state index in [0.29, 0.717) is 11.3 Å². The molecule has 1 aliphatic carbocycles. The van der Waals surface area contributed by atoms with Crippen LogP contribution in [-0.4, -0.2) is 32.8 Å². The molecule has 114 valence electrons. The third kappa shape index (κ3) is 2.65. The van der Waals surface area contributed by atoms with Crippen LogP contribution in [0.5, 0.6) is 0 Å². The predicted octanol–water partition coefficient (Wildman–Crippen LogP) is 1.64. The van der Waals surface area contributed by atoms with Gasteiger partial charge in [-0.25, -0.2) is 13.1 Å². The number of hydrogen-bond acceptors (Lipinski definition) is 5. The van der Waals surface area contributed by atoms with Crippen LogP contribution in [0.15, 0.2) is 10.3 Å². The minimum absolute atomic E-state index is 0.0771. The van der Waals surface area contributed by atoms with Crippen LogP contribution in [0.3, 0.4) is 0 Å². The summed E-state index contributed by atoms with van der Waals surface area (Å²) < 4.78 is 33.1. The molecule has 1 aliphatic rings. The predicted molar refractivity (Wildman–Crippen MR) is 78.3 cm³/mol. The summed E-state index contributed by atoms with van der Waals surface area (Å²) in [6.07, 6.45) is 0.758. The first kappa shape index (κ1) is 15.9. The van der Waals surface area contributed by atoms with E-state index < -0.39 is 10.0 Å². The number of aliphatic hydroxyl groups is 1. The fourth-order valence-corrected chi connectivity index (χ4v) is 5.38. The highest BCUT2D eigenvalue weighted by Crippen LogP contribution is 2.43. The molecule has 1 fully saturated rings. The first-order valence-electron chi connectivity index (χ1n) is 6.47. The molecule has 7 heteroatoms. The van der Waals surface area contributed by atoms with E-state index in [1.54, 1.807) is 20.1 Å². The minimum atomic E-state index is -3.53. The van der Waals surface area contributed by atoms with Gasteiger partial charge in [0.1, 0.15) is 4.21 Å². The van der Waals surface area contributed by atoms with Crippen molar-refractivity contribution in [1.29, 1.82) is 0 Å². The van der Waals surface area contributed by atoms with Gasteiger partial charge in [0.25, 0.3) is 0 Å². The Morgan fingerprint density at radius 3 is 2.65 bits per heavy atom. The second-order valence-corrected chi connectivity index (χ2v) is 8.86. The van der Waals surface area contributed by atoms with E-state index >= 15 is 0 Å². The van der Waals surface area contributed by atoms with Gasteiger partial charge in [0.2, 0.25) is 10.0 Å². The van der Waals surface area contributed by atoms with Crippen molar-refractivity contribution in [2.45, 2.75) is 50.2 Å². The van der Waals surface area contributed by atoms with Gasteiger partial charge in [-0.15, -0.1) is 11.3 Å². The Morgan fingerprint density at radius 1 is 1.55 bits per heavy atom. The van der Waals surface area contributed by atoms with Crippen LogP contribution in [0.1, 0.15) is 30.7 Å². The molecule has 1 aromatic rings. The lowest BCUT2D eigenvalue weighted by molar-refractivity contribution is -0.0908. The molecular weight excluding hydrogens is 298 g/mol. The van der Waals surface area contributed by atoms with E-state index in [2.05, 4.69) is 4.72 Å². The molecule has 0 spiro atoms. The third-order valence-corrected chi connectivity index (χ3v) is 7.33. The SMILES string of the molecule is COC1CC(NS(=O)(=O)c2cc(C)c(CO)s2)C1(C)C. The van der Waals surface area contributed by atoms with Gasteiger partial charge in [-0.05, 0) is 25.0 Å². The number of aryl methyl sites for hydroxylation is 1. The highest BCUT2D eigenvalue weighted by Gasteiger charge is 2.50. The monoisotopic (exact) mass is 319 g/mol. The van der Waals surface area contributed by atoms with Crippen LogP contribution in [0, 0.1) is 12.3 Å². The summed E-state index contributed by atoms with van der Waals surface area (Å²) in [6.45, 7) is 5.66. The standard InChI is InChI=1S/C13H21NO4S2/c1-8-5-12(19-9(8)7-15)20(16,17)14-10-6-11(18-4)13(10,2)3/h5,10-11,14-15H,6-7H2,1-4H3. The van der Waals surface area contributed by atoms with Crippen LogP contribution in [0.25, 0.3) is 0 Å². The fourth-order valence-electron chi connectivity index (χ4n) is 2.51. The summed E-state index contributed by atoms with van der Waals surface area (Å²) >= 11 is 1.12. The van der Waals surface area contributed by atoms with E-state index in [1.165, 1.54) is 0 Å².